The highest BCUT2D eigenvalue weighted by Crippen LogP contribution is 2.24. The molecule has 2 heteroatoms. The lowest BCUT2D eigenvalue weighted by molar-refractivity contribution is 0.183. The second kappa shape index (κ2) is 8.10. The number of rotatable bonds is 7. The zero-order valence-corrected chi connectivity index (χ0v) is 12.3. The van der Waals surface area contributed by atoms with Gasteiger partial charge in [0.25, 0.3) is 0 Å². The molecular weight excluding hydrogens is 208 g/mol. The molecule has 1 fully saturated rings. The van der Waals surface area contributed by atoms with Gasteiger partial charge in [0.2, 0.25) is 0 Å². The monoisotopic (exact) mass is 240 g/mol. The Hall–Kier alpha value is -0.0800. The Morgan fingerprint density at radius 1 is 1.12 bits per heavy atom. The van der Waals surface area contributed by atoms with Gasteiger partial charge < -0.3 is 10.2 Å². The van der Waals surface area contributed by atoms with Crippen molar-refractivity contribution in [3.05, 3.63) is 0 Å². The Bertz CT molecular complexity index is 185. The van der Waals surface area contributed by atoms with E-state index in [2.05, 4.69) is 38.0 Å². The fourth-order valence-electron chi connectivity index (χ4n) is 2.76. The summed E-state index contributed by atoms with van der Waals surface area (Å²) in [6, 6.07) is 1.33. The van der Waals surface area contributed by atoms with Gasteiger partial charge in [-0.25, -0.2) is 0 Å². The molecule has 1 unspecified atom stereocenters. The third kappa shape index (κ3) is 6.42. The van der Waals surface area contributed by atoms with Crippen LogP contribution in [0.2, 0.25) is 0 Å². The van der Waals surface area contributed by atoms with Gasteiger partial charge >= 0.3 is 0 Å². The Balaban J connectivity index is 2.14. The largest absolute Gasteiger partial charge is 0.314 e. The summed E-state index contributed by atoms with van der Waals surface area (Å²) in [5.74, 6) is 0.967. The molecule has 102 valence electrons. The second-order valence-electron chi connectivity index (χ2n) is 6.19. The standard InChI is InChI=1S/C15H32N2/c1-13(2)16-11-10-14(3)17(4)12-15-8-6-5-7-9-15/h13-16H,5-12H2,1-4H3. The van der Waals surface area contributed by atoms with Gasteiger partial charge in [0.15, 0.2) is 0 Å². The number of nitrogens with zero attached hydrogens (tertiary/aromatic N) is 1. The van der Waals surface area contributed by atoms with E-state index in [1.807, 2.05) is 0 Å². The molecule has 1 atom stereocenters. The Labute approximate surface area is 108 Å². The third-order valence-electron chi connectivity index (χ3n) is 4.14. The normalized spacial score (nSPS) is 20.1. The molecular formula is C15H32N2. The van der Waals surface area contributed by atoms with Crippen molar-refractivity contribution in [2.24, 2.45) is 5.92 Å². The van der Waals surface area contributed by atoms with Gasteiger partial charge in [-0.2, -0.15) is 0 Å². The van der Waals surface area contributed by atoms with Gasteiger partial charge in [-0.1, -0.05) is 33.1 Å². The summed E-state index contributed by atoms with van der Waals surface area (Å²) in [4.78, 5) is 2.57. The SMILES string of the molecule is CC(C)NCCC(C)N(C)CC1CCCCC1. The maximum Gasteiger partial charge on any atom is 0.00760 e. The van der Waals surface area contributed by atoms with Gasteiger partial charge in [-0.05, 0) is 45.7 Å². The van der Waals surface area contributed by atoms with Crippen molar-refractivity contribution in [2.45, 2.75) is 71.4 Å². The number of nitrogens with one attached hydrogen (secondary N) is 1. The Kier molecular flexibility index (Phi) is 7.14. The molecule has 0 aromatic rings. The van der Waals surface area contributed by atoms with E-state index in [-0.39, 0.29) is 0 Å². The molecule has 0 aromatic carbocycles. The van der Waals surface area contributed by atoms with Crippen LogP contribution in [0.25, 0.3) is 0 Å². The zero-order valence-electron chi connectivity index (χ0n) is 12.3. The summed E-state index contributed by atoms with van der Waals surface area (Å²) in [7, 11) is 2.30. The summed E-state index contributed by atoms with van der Waals surface area (Å²) in [6.07, 6.45) is 8.57. The number of hydrogen-bond donors (Lipinski definition) is 1. The molecule has 0 saturated heterocycles. The molecule has 0 bridgehead atoms. The van der Waals surface area contributed by atoms with Crippen LogP contribution >= 0.6 is 0 Å². The number of hydrogen-bond acceptors (Lipinski definition) is 2. The maximum atomic E-state index is 3.51. The minimum absolute atomic E-state index is 0.617. The maximum absolute atomic E-state index is 3.51. The van der Waals surface area contributed by atoms with Crippen LogP contribution in [0, 0.1) is 5.92 Å². The first-order chi connectivity index (χ1) is 8.09. The van der Waals surface area contributed by atoms with E-state index in [0.717, 1.165) is 12.5 Å². The predicted octanol–water partition coefficient (Wildman–Crippen LogP) is 3.28. The van der Waals surface area contributed by atoms with E-state index in [4.69, 9.17) is 0 Å². The molecule has 1 N–H and O–H groups in total. The summed E-state index contributed by atoms with van der Waals surface area (Å²) in [5, 5.41) is 3.51. The van der Waals surface area contributed by atoms with Crippen molar-refractivity contribution < 1.29 is 0 Å². The van der Waals surface area contributed by atoms with Crippen molar-refractivity contribution in [1.29, 1.82) is 0 Å². The predicted molar refractivity (Wildman–Crippen MR) is 76.4 cm³/mol. The first kappa shape index (κ1) is 15.0. The first-order valence-corrected chi connectivity index (χ1v) is 7.53. The molecule has 0 amide bonds. The van der Waals surface area contributed by atoms with Gasteiger partial charge in [0, 0.05) is 18.6 Å². The van der Waals surface area contributed by atoms with Gasteiger partial charge in [0.05, 0.1) is 0 Å². The van der Waals surface area contributed by atoms with Crippen molar-refractivity contribution in [3.63, 3.8) is 0 Å². The molecule has 0 spiro atoms. The lowest BCUT2D eigenvalue weighted by Crippen LogP contribution is -2.37. The molecule has 1 saturated carbocycles. The van der Waals surface area contributed by atoms with Crippen molar-refractivity contribution in [3.8, 4) is 0 Å². The van der Waals surface area contributed by atoms with Crippen LogP contribution in [0.15, 0.2) is 0 Å². The van der Waals surface area contributed by atoms with Crippen LogP contribution in [0.1, 0.15) is 59.3 Å². The highest BCUT2D eigenvalue weighted by atomic mass is 15.1. The van der Waals surface area contributed by atoms with Crippen LogP contribution in [0.3, 0.4) is 0 Å². The summed E-state index contributed by atoms with van der Waals surface area (Å²) >= 11 is 0. The van der Waals surface area contributed by atoms with Crippen LogP contribution in [-0.4, -0.2) is 37.1 Å². The summed E-state index contributed by atoms with van der Waals surface area (Å²) < 4.78 is 0. The smallest absolute Gasteiger partial charge is 0.00760 e. The van der Waals surface area contributed by atoms with Gasteiger partial charge in [-0.15, -0.1) is 0 Å². The lowest BCUT2D eigenvalue weighted by atomic mass is 9.89. The Morgan fingerprint density at radius 3 is 2.35 bits per heavy atom. The molecule has 1 aliphatic carbocycles. The summed E-state index contributed by atoms with van der Waals surface area (Å²) in [5.41, 5.74) is 0. The van der Waals surface area contributed by atoms with Crippen molar-refractivity contribution >= 4 is 0 Å². The van der Waals surface area contributed by atoms with E-state index in [9.17, 15) is 0 Å². The molecule has 1 aliphatic rings. The highest BCUT2D eigenvalue weighted by Gasteiger charge is 2.17. The topological polar surface area (TPSA) is 15.3 Å². The minimum atomic E-state index is 0.617. The van der Waals surface area contributed by atoms with Crippen LogP contribution in [-0.2, 0) is 0 Å². The molecule has 17 heavy (non-hydrogen) atoms. The van der Waals surface area contributed by atoms with Crippen molar-refractivity contribution in [1.82, 2.24) is 10.2 Å². The van der Waals surface area contributed by atoms with E-state index in [1.54, 1.807) is 0 Å². The molecule has 0 aliphatic heterocycles. The van der Waals surface area contributed by atoms with E-state index in [0.29, 0.717) is 12.1 Å². The molecule has 2 nitrogen and oxygen atoms in total. The third-order valence-corrected chi connectivity index (χ3v) is 4.14. The highest BCUT2D eigenvalue weighted by molar-refractivity contribution is 4.72. The quantitative estimate of drug-likeness (QED) is 0.735. The Morgan fingerprint density at radius 2 is 1.76 bits per heavy atom. The van der Waals surface area contributed by atoms with E-state index >= 15 is 0 Å². The minimum Gasteiger partial charge on any atom is -0.314 e. The fraction of sp³-hybridized carbons (Fsp3) is 1.00. The van der Waals surface area contributed by atoms with Crippen LogP contribution in [0.5, 0.6) is 0 Å². The molecule has 1 rings (SSSR count). The average Bonchev–Trinajstić information content (AvgIpc) is 2.29. The first-order valence-electron chi connectivity index (χ1n) is 7.53. The molecule has 0 radical (unpaired) electrons. The zero-order chi connectivity index (χ0) is 12.7. The fourth-order valence-corrected chi connectivity index (χ4v) is 2.76. The van der Waals surface area contributed by atoms with Gasteiger partial charge in [-0.3, -0.25) is 0 Å². The molecule has 0 aromatic heterocycles. The average molecular weight is 240 g/mol. The van der Waals surface area contributed by atoms with Crippen molar-refractivity contribution in [2.75, 3.05) is 20.1 Å². The van der Waals surface area contributed by atoms with E-state index in [1.165, 1.54) is 45.1 Å². The van der Waals surface area contributed by atoms with Gasteiger partial charge in [0.1, 0.15) is 0 Å². The second-order valence-corrected chi connectivity index (χ2v) is 6.19. The summed E-state index contributed by atoms with van der Waals surface area (Å²) in [6.45, 7) is 9.26. The lowest BCUT2D eigenvalue weighted by Gasteiger charge is -2.31. The van der Waals surface area contributed by atoms with Crippen LogP contribution < -0.4 is 5.32 Å². The van der Waals surface area contributed by atoms with Crippen LogP contribution in [0.4, 0.5) is 0 Å². The van der Waals surface area contributed by atoms with E-state index < -0.39 is 0 Å². The molecule has 0 heterocycles.